The van der Waals surface area contributed by atoms with Gasteiger partial charge in [0, 0.05) is 5.92 Å². The quantitative estimate of drug-likeness (QED) is 0.197. The highest BCUT2D eigenvalue weighted by Gasteiger charge is 2.39. The number of ether oxygens (including phenoxy) is 1. The third kappa shape index (κ3) is 5.55. The Balaban J connectivity index is 1.65. The van der Waals surface area contributed by atoms with Crippen LogP contribution in [0.4, 0.5) is 5.69 Å². The molecule has 4 rings (SSSR count). The predicted molar refractivity (Wildman–Crippen MR) is 140 cm³/mol. The van der Waals surface area contributed by atoms with Crippen molar-refractivity contribution in [1.82, 2.24) is 0 Å². The summed E-state index contributed by atoms with van der Waals surface area (Å²) in [4.78, 5) is 12.7. The van der Waals surface area contributed by atoms with Crippen LogP contribution in [0.2, 0.25) is 0 Å². The molecule has 4 aromatic rings. The number of carbonyl (C=O) groups is 1. The number of hydrogen-bond donors (Lipinski definition) is 0. The summed E-state index contributed by atoms with van der Waals surface area (Å²) in [5, 5.41) is 9.29. The second-order valence-corrected chi connectivity index (χ2v) is 9.09. The van der Waals surface area contributed by atoms with E-state index in [0.29, 0.717) is 0 Å². The minimum Gasteiger partial charge on any atom is -0.469 e. The highest BCUT2D eigenvalue weighted by molar-refractivity contribution is 5.78. The van der Waals surface area contributed by atoms with E-state index in [4.69, 9.17) is 9.85 Å². The van der Waals surface area contributed by atoms with E-state index in [1.54, 1.807) is 0 Å². The van der Waals surface area contributed by atoms with Crippen LogP contribution in [0.3, 0.4) is 0 Å². The van der Waals surface area contributed by atoms with Gasteiger partial charge in [-0.3, -0.25) is 4.79 Å². The number of carbonyl (C=O) groups excluding carboxylic acids is 1. The van der Waals surface area contributed by atoms with Gasteiger partial charge in [0.2, 0.25) is 0 Å². The van der Waals surface area contributed by atoms with Crippen molar-refractivity contribution in [1.29, 1.82) is 0 Å². The Labute approximate surface area is 207 Å². The van der Waals surface area contributed by atoms with Crippen molar-refractivity contribution in [2.75, 3.05) is 7.11 Å². The van der Waals surface area contributed by atoms with Gasteiger partial charge in [-0.15, -0.1) is 0 Å². The minimum absolute atomic E-state index is 0.163. The van der Waals surface area contributed by atoms with E-state index in [9.17, 15) is 4.79 Å². The molecule has 0 fully saturated rings. The Morgan fingerprint density at radius 2 is 1.09 bits per heavy atom. The summed E-state index contributed by atoms with van der Waals surface area (Å²) < 4.78 is 5.14. The maximum absolute atomic E-state index is 12.7. The zero-order valence-electron chi connectivity index (χ0n) is 20.3. The molecular formula is C31H30N2O2. The minimum atomic E-state index is -0.745. The first-order chi connectivity index (χ1) is 17.0. The fraction of sp³-hybridized carbons (Fsp3) is 0.194. The maximum atomic E-state index is 12.7. The third-order valence-electron chi connectivity index (χ3n) is 6.31. The molecule has 4 aromatic carbocycles. The van der Waals surface area contributed by atoms with E-state index < -0.39 is 5.41 Å². The molecule has 0 saturated carbocycles. The summed E-state index contributed by atoms with van der Waals surface area (Å²) in [7, 11) is 1.44. The van der Waals surface area contributed by atoms with Gasteiger partial charge in [-0.2, -0.15) is 10.2 Å². The zero-order chi connectivity index (χ0) is 24.7. The second kappa shape index (κ2) is 10.9. The molecule has 4 nitrogen and oxygen atoms in total. The first-order valence-corrected chi connectivity index (χ1v) is 11.7. The molecule has 0 aliphatic carbocycles. The summed E-state index contributed by atoms with van der Waals surface area (Å²) in [5.41, 5.74) is 4.27. The average Bonchev–Trinajstić information content (AvgIpc) is 2.91. The van der Waals surface area contributed by atoms with Gasteiger partial charge in [0.1, 0.15) is 6.04 Å². The third-order valence-corrected chi connectivity index (χ3v) is 6.31. The van der Waals surface area contributed by atoms with E-state index in [0.717, 1.165) is 27.9 Å². The molecule has 176 valence electrons. The van der Waals surface area contributed by atoms with Crippen molar-refractivity contribution in [3.63, 3.8) is 0 Å². The van der Waals surface area contributed by atoms with Gasteiger partial charge < -0.3 is 4.74 Å². The van der Waals surface area contributed by atoms with Gasteiger partial charge in [0.25, 0.3) is 0 Å². The molecule has 0 saturated heterocycles. The van der Waals surface area contributed by atoms with Gasteiger partial charge in [-0.05, 0) is 48.2 Å². The first-order valence-electron chi connectivity index (χ1n) is 11.7. The molecule has 1 unspecified atom stereocenters. The lowest BCUT2D eigenvalue weighted by molar-refractivity contribution is -0.151. The SMILES string of the molecule is COC(=O)C(C)(C)C(c1ccccc1)c1ccc(N=NC(c2ccccc2)c2ccccc2)cc1. The number of azo groups is 1. The average molecular weight is 463 g/mol. The van der Waals surface area contributed by atoms with Crippen LogP contribution < -0.4 is 0 Å². The van der Waals surface area contributed by atoms with E-state index in [1.165, 1.54) is 7.11 Å². The van der Waals surface area contributed by atoms with Gasteiger partial charge in [0.15, 0.2) is 0 Å². The number of methoxy groups -OCH3 is 1. The summed E-state index contributed by atoms with van der Waals surface area (Å²) in [5.74, 6) is -0.410. The predicted octanol–water partition coefficient (Wildman–Crippen LogP) is 7.89. The number of benzene rings is 4. The second-order valence-electron chi connectivity index (χ2n) is 9.09. The van der Waals surface area contributed by atoms with Crippen LogP contribution >= 0.6 is 0 Å². The van der Waals surface area contributed by atoms with Gasteiger partial charge >= 0.3 is 5.97 Å². The Morgan fingerprint density at radius 1 is 0.657 bits per heavy atom. The number of hydrogen-bond acceptors (Lipinski definition) is 4. The Morgan fingerprint density at radius 3 is 1.54 bits per heavy atom. The molecule has 1 atom stereocenters. The summed E-state index contributed by atoms with van der Waals surface area (Å²) in [6.45, 7) is 3.85. The monoisotopic (exact) mass is 462 g/mol. The Bertz CT molecular complexity index is 1210. The van der Waals surface area contributed by atoms with Crippen LogP contribution in [0, 0.1) is 5.41 Å². The van der Waals surface area contributed by atoms with Crippen molar-refractivity contribution in [2.24, 2.45) is 15.6 Å². The molecule has 0 bridgehead atoms. The first kappa shape index (κ1) is 24.1. The van der Waals surface area contributed by atoms with E-state index in [1.807, 2.05) is 105 Å². The standard InChI is InChI=1S/C31H30N2O2/c1-31(2,30(34)35-3)28(23-13-7-4-8-14-23)24-19-21-27(22-20-24)32-33-29(25-15-9-5-10-16-25)26-17-11-6-12-18-26/h4-22,28-29H,1-3H3. The van der Waals surface area contributed by atoms with Crippen LogP contribution in [0.15, 0.2) is 125 Å². The smallest absolute Gasteiger partial charge is 0.312 e. The Kier molecular flexibility index (Phi) is 7.51. The van der Waals surface area contributed by atoms with Crippen molar-refractivity contribution in [3.05, 3.63) is 138 Å². The number of nitrogens with zero attached hydrogens (tertiary/aromatic N) is 2. The lowest BCUT2D eigenvalue weighted by Crippen LogP contribution is -2.33. The van der Waals surface area contributed by atoms with Crippen molar-refractivity contribution >= 4 is 11.7 Å². The van der Waals surface area contributed by atoms with Gasteiger partial charge in [-0.25, -0.2) is 0 Å². The van der Waals surface area contributed by atoms with Gasteiger partial charge in [-0.1, -0.05) is 103 Å². The summed E-state index contributed by atoms with van der Waals surface area (Å²) >= 11 is 0. The van der Waals surface area contributed by atoms with Crippen LogP contribution in [0.1, 0.15) is 48.1 Å². The van der Waals surface area contributed by atoms with Crippen LogP contribution in [0.5, 0.6) is 0 Å². The van der Waals surface area contributed by atoms with Crippen LogP contribution in [-0.4, -0.2) is 13.1 Å². The van der Waals surface area contributed by atoms with E-state index in [2.05, 4.69) is 29.4 Å². The molecule has 0 radical (unpaired) electrons. The molecule has 0 aliphatic rings. The lowest BCUT2D eigenvalue weighted by Gasteiger charge is -2.32. The van der Waals surface area contributed by atoms with Gasteiger partial charge in [0.05, 0.1) is 18.2 Å². The van der Waals surface area contributed by atoms with Crippen molar-refractivity contribution in [3.8, 4) is 0 Å². The highest BCUT2D eigenvalue weighted by Crippen LogP contribution is 2.42. The molecule has 0 N–H and O–H groups in total. The largest absolute Gasteiger partial charge is 0.469 e. The molecule has 0 heterocycles. The van der Waals surface area contributed by atoms with Crippen LogP contribution in [-0.2, 0) is 9.53 Å². The molecule has 0 aliphatic heterocycles. The molecule has 0 amide bonds. The normalized spacial score (nSPS) is 12.6. The summed E-state index contributed by atoms with van der Waals surface area (Å²) in [6, 6.07) is 38.2. The maximum Gasteiger partial charge on any atom is 0.312 e. The fourth-order valence-corrected chi connectivity index (χ4v) is 4.51. The van der Waals surface area contributed by atoms with E-state index >= 15 is 0 Å². The fourth-order valence-electron chi connectivity index (χ4n) is 4.51. The number of esters is 1. The zero-order valence-corrected chi connectivity index (χ0v) is 20.3. The van der Waals surface area contributed by atoms with Crippen LogP contribution in [0.25, 0.3) is 0 Å². The Hall–Kier alpha value is -4.05. The molecule has 0 spiro atoms. The topological polar surface area (TPSA) is 51.0 Å². The van der Waals surface area contributed by atoms with E-state index in [-0.39, 0.29) is 17.9 Å². The van der Waals surface area contributed by atoms with Crippen molar-refractivity contribution in [2.45, 2.75) is 25.8 Å². The summed E-state index contributed by atoms with van der Waals surface area (Å²) in [6.07, 6.45) is 0. The highest BCUT2D eigenvalue weighted by atomic mass is 16.5. The molecule has 0 aromatic heterocycles. The molecular weight excluding hydrogens is 432 g/mol. The number of rotatable bonds is 8. The molecule has 35 heavy (non-hydrogen) atoms. The molecule has 4 heteroatoms. The lowest BCUT2D eigenvalue weighted by atomic mass is 9.71. The van der Waals surface area contributed by atoms with Crippen molar-refractivity contribution < 1.29 is 9.53 Å².